The van der Waals surface area contributed by atoms with Gasteiger partial charge < -0.3 is 20.1 Å². The Bertz CT molecular complexity index is 841. The fraction of sp³-hybridized carbons (Fsp3) is 0.444. The first-order valence-corrected chi connectivity index (χ1v) is 8.38. The number of aryl methyl sites for hydroxylation is 2. The predicted octanol–water partition coefficient (Wildman–Crippen LogP) is 2.02. The van der Waals surface area contributed by atoms with E-state index in [0.29, 0.717) is 18.7 Å². The van der Waals surface area contributed by atoms with E-state index < -0.39 is 0 Å². The summed E-state index contributed by atoms with van der Waals surface area (Å²) in [4.78, 5) is 31.8. The molecular formula is C18H22N4O2. The maximum absolute atomic E-state index is 13.1. The average Bonchev–Trinajstić information content (AvgIpc) is 3.03. The van der Waals surface area contributed by atoms with Crippen LogP contribution in [0.5, 0.6) is 0 Å². The number of piperidine rings is 1. The Morgan fingerprint density at radius 2 is 2.08 bits per heavy atom. The number of nitrogens with zero attached hydrogens (tertiary/aromatic N) is 2. The number of amides is 3. The van der Waals surface area contributed by atoms with Crippen molar-refractivity contribution in [2.24, 2.45) is 0 Å². The number of urea groups is 1. The molecular weight excluding hydrogens is 304 g/mol. The van der Waals surface area contributed by atoms with Crippen LogP contribution in [0.15, 0.2) is 18.2 Å². The Labute approximate surface area is 140 Å². The molecule has 2 aliphatic heterocycles. The van der Waals surface area contributed by atoms with E-state index >= 15 is 0 Å². The van der Waals surface area contributed by atoms with Crippen molar-refractivity contribution >= 4 is 22.8 Å². The molecule has 4 rings (SSSR count). The minimum Gasteiger partial charge on any atom is -0.358 e. The van der Waals surface area contributed by atoms with Gasteiger partial charge in [0.15, 0.2) is 0 Å². The fourth-order valence-corrected chi connectivity index (χ4v) is 3.97. The second-order valence-corrected chi connectivity index (χ2v) is 6.88. The quantitative estimate of drug-likeness (QED) is 0.842. The smallest absolute Gasteiger partial charge is 0.317 e. The fourth-order valence-electron chi connectivity index (χ4n) is 3.97. The largest absolute Gasteiger partial charge is 0.358 e. The summed E-state index contributed by atoms with van der Waals surface area (Å²) in [6.45, 7) is 5.33. The van der Waals surface area contributed by atoms with Crippen LogP contribution >= 0.6 is 0 Å². The molecule has 1 aromatic heterocycles. The van der Waals surface area contributed by atoms with E-state index in [4.69, 9.17) is 0 Å². The lowest BCUT2D eigenvalue weighted by Gasteiger charge is -2.35. The van der Waals surface area contributed by atoms with E-state index in [-0.39, 0.29) is 24.0 Å². The number of likely N-dealkylation sites (N-methyl/N-ethyl adjacent to an activating group) is 1. The number of para-hydroxylation sites is 1. The maximum Gasteiger partial charge on any atom is 0.317 e. The second kappa shape index (κ2) is 5.26. The average molecular weight is 326 g/mol. The lowest BCUT2D eigenvalue weighted by Crippen LogP contribution is -2.52. The molecule has 6 nitrogen and oxygen atoms in total. The van der Waals surface area contributed by atoms with E-state index in [1.807, 2.05) is 37.1 Å². The number of aromatic nitrogens is 1. The van der Waals surface area contributed by atoms with Gasteiger partial charge in [-0.25, -0.2) is 4.79 Å². The molecule has 6 heteroatoms. The summed E-state index contributed by atoms with van der Waals surface area (Å²) in [6.07, 6.45) is 0.810. The summed E-state index contributed by atoms with van der Waals surface area (Å²) in [5, 5.41) is 4.08. The molecule has 24 heavy (non-hydrogen) atoms. The zero-order chi connectivity index (χ0) is 17.0. The summed E-state index contributed by atoms with van der Waals surface area (Å²) in [7, 11) is 1.82. The molecule has 2 aromatic rings. The summed E-state index contributed by atoms with van der Waals surface area (Å²) in [5.74, 6) is 0.0316. The lowest BCUT2D eigenvalue weighted by atomic mass is 9.99. The van der Waals surface area contributed by atoms with Gasteiger partial charge in [-0.1, -0.05) is 12.1 Å². The number of aromatic amines is 1. The van der Waals surface area contributed by atoms with E-state index in [9.17, 15) is 9.59 Å². The number of rotatable bonds is 1. The number of hydrogen-bond donors (Lipinski definition) is 2. The van der Waals surface area contributed by atoms with Gasteiger partial charge in [-0.15, -0.1) is 0 Å². The number of carbonyl (C=O) groups excluding carboxylic acids is 2. The third kappa shape index (κ3) is 2.09. The van der Waals surface area contributed by atoms with Crippen molar-refractivity contribution in [2.45, 2.75) is 32.4 Å². The van der Waals surface area contributed by atoms with Crippen LogP contribution in [0.2, 0.25) is 0 Å². The van der Waals surface area contributed by atoms with Crippen molar-refractivity contribution in [3.05, 3.63) is 35.0 Å². The number of carbonyl (C=O) groups is 2. The van der Waals surface area contributed by atoms with Crippen molar-refractivity contribution in [3.8, 4) is 0 Å². The van der Waals surface area contributed by atoms with Crippen LogP contribution in [0.25, 0.3) is 10.9 Å². The Hall–Kier alpha value is -2.50. The Morgan fingerprint density at radius 1 is 1.29 bits per heavy atom. The van der Waals surface area contributed by atoms with Gasteiger partial charge >= 0.3 is 6.03 Å². The van der Waals surface area contributed by atoms with Gasteiger partial charge in [0.1, 0.15) is 0 Å². The summed E-state index contributed by atoms with van der Waals surface area (Å²) < 4.78 is 0. The van der Waals surface area contributed by atoms with Crippen molar-refractivity contribution in [1.29, 1.82) is 0 Å². The molecule has 0 radical (unpaired) electrons. The van der Waals surface area contributed by atoms with Crippen LogP contribution in [-0.2, 0) is 0 Å². The summed E-state index contributed by atoms with van der Waals surface area (Å²) in [5.41, 5.74) is 3.89. The minimum atomic E-state index is -0.0444. The highest BCUT2D eigenvalue weighted by atomic mass is 16.2. The molecule has 126 valence electrons. The minimum absolute atomic E-state index is 0.0199. The molecule has 2 atom stereocenters. The van der Waals surface area contributed by atoms with Crippen molar-refractivity contribution < 1.29 is 9.59 Å². The Morgan fingerprint density at radius 3 is 2.88 bits per heavy atom. The highest BCUT2D eigenvalue weighted by molar-refractivity contribution is 6.06. The third-order valence-corrected chi connectivity index (χ3v) is 5.56. The Kier molecular flexibility index (Phi) is 3.30. The first-order chi connectivity index (χ1) is 11.5. The Balaban J connectivity index is 1.63. The van der Waals surface area contributed by atoms with Gasteiger partial charge in [-0.3, -0.25) is 4.79 Å². The topological polar surface area (TPSA) is 68.4 Å². The highest BCUT2D eigenvalue weighted by Crippen LogP contribution is 2.27. The summed E-state index contributed by atoms with van der Waals surface area (Å²) in [6, 6.07) is 6.03. The summed E-state index contributed by atoms with van der Waals surface area (Å²) >= 11 is 0. The number of likely N-dealkylation sites (tertiary alicyclic amines) is 1. The van der Waals surface area contributed by atoms with Gasteiger partial charge in [0.2, 0.25) is 0 Å². The number of benzene rings is 1. The van der Waals surface area contributed by atoms with Gasteiger partial charge in [-0.05, 0) is 31.9 Å². The molecule has 0 aliphatic carbocycles. The first kappa shape index (κ1) is 15.1. The van der Waals surface area contributed by atoms with E-state index in [0.717, 1.165) is 23.0 Å². The molecule has 2 saturated heterocycles. The van der Waals surface area contributed by atoms with Gasteiger partial charge in [0, 0.05) is 31.2 Å². The van der Waals surface area contributed by atoms with Crippen LogP contribution < -0.4 is 5.32 Å². The molecule has 2 aliphatic rings. The molecule has 0 unspecified atom stereocenters. The van der Waals surface area contributed by atoms with Crippen LogP contribution in [0.4, 0.5) is 4.79 Å². The van der Waals surface area contributed by atoms with E-state index in [1.54, 1.807) is 4.90 Å². The number of H-pyrrole nitrogens is 1. The zero-order valence-electron chi connectivity index (χ0n) is 14.2. The maximum atomic E-state index is 13.1. The normalized spacial score (nSPS) is 23.5. The van der Waals surface area contributed by atoms with Gasteiger partial charge in [0.05, 0.1) is 23.2 Å². The van der Waals surface area contributed by atoms with Gasteiger partial charge in [0.25, 0.3) is 5.91 Å². The SMILES string of the molecule is Cc1[nH]c2c(C(=O)N3CC[C@H]4[C@@H](C3)NC(=O)N4C)cccc2c1C. The molecule has 3 amide bonds. The van der Waals surface area contributed by atoms with Crippen molar-refractivity contribution in [1.82, 2.24) is 20.1 Å². The standard InChI is InChI=1S/C18H22N4O2/c1-10-11(2)19-16-12(10)5-4-6-13(16)17(23)22-8-7-15-14(9-22)20-18(24)21(15)3/h4-6,14-15,19H,7-9H2,1-3H3,(H,20,24)/t14-,15+/m1/s1. The lowest BCUT2D eigenvalue weighted by molar-refractivity contribution is 0.0668. The van der Waals surface area contributed by atoms with Crippen molar-refractivity contribution in [3.63, 3.8) is 0 Å². The monoisotopic (exact) mass is 326 g/mol. The number of fused-ring (bicyclic) bond motifs is 2. The van der Waals surface area contributed by atoms with Crippen LogP contribution in [0.1, 0.15) is 28.0 Å². The molecule has 0 bridgehead atoms. The zero-order valence-corrected chi connectivity index (χ0v) is 14.2. The number of hydrogen-bond acceptors (Lipinski definition) is 2. The van der Waals surface area contributed by atoms with Gasteiger partial charge in [-0.2, -0.15) is 0 Å². The molecule has 3 heterocycles. The van der Waals surface area contributed by atoms with E-state index in [1.165, 1.54) is 5.56 Å². The van der Waals surface area contributed by atoms with Crippen LogP contribution in [0.3, 0.4) is 0 Å². The molecule has 1 aromatic carbocycles. The second-order valence-electron chi connectivity index (χ2n) is 6.88. The van der Waals surface area contributed by atoms with Crippen LogP contribution in [-0.4, -0.2) is 58.9 Å². The molecule has 0 saturated carbocycles. The van der Waals surface area contributed by atoms with Crippen LogP contribution in [0, 0.1) is 13.8 Å². The third-order valence-electron chi connectivity index (χ3n) is 5.56. The van der Waals surface area contributed by atoms with E-state index in [2.05, 4.69) is 17.2 Å². The predicted molar refractivity (Wildman–Crippen MR) is 92.2 cm³/mol. The molecule has 2 fully saturated rings. The first-order valence-electron chi connectivity index (χ1n) is 8.38. The highest BCUT2D eigenvalue weighted by Gasteiger charge is 2.41. The molecule has 2 N–H and O–H groups in total. The number of nitrogens with one attached hydrogen (secondary N) is 2. The van der Waals surface area contributed by atoms with Crippen molar-refractivity contribution in [2.75, 3.05) is 20.1 Å². The molecule has 0 spiro atoms.